The van der Waals surface area contributed by atoms with Crippen LogP contribution >= 0.6 is 0 Å². The molecule has 0 unspecified atom stereocenters. The number of hydrogen-bond donors (Lipinski definition) is 2. The maximum Gasteiger partial charge on any atom is 0.221 e. The van der Waals surface area contributed by atoms with Gasteiger partial charge in [-0.25, -0.2) is 0 Å². The first kappa shape index (κ1) is 14.8. The molecule has 1 saturated carbocycles. The quantitative estimate of drug-likeness (QED) is 0.746. The largest absolute Gasteiger partial charge is 0.395 e. The predicted molar refractivity (Wildman–Crippen MR) is 75.9 cm³/mol. The van der Waals surface area contributed by atoms with E-state index in [9.17, 15) is 9.90 Å². The van der Waals surface area contributed by atoms with E-state index in [1.807, 2.05) is 0 Å². The molecule has 0 radical (unpaired) electrons. The molecule has 1 atom stereocenters. The topological polar surface area (TPSA) is 52.6 Å². The number of amides is 1. The van der Waals surface area contributed by atoms with Crippen LogP contribution in [0.2, 0.25) is 0 Å². The van der Waals surface area contributed by atoms with Crippen molar-refractivity contribution in [3.63, 3.8) is 0 Å². The van der Waals surface area contributed by atoms with Crippen molar-refractivity contribution >= 4 is 5.91 Å². The molecule has 4 nitrogen and oxygen atoms in total. The molecule has 19 heavy (non-hydrogen) atoms. The molecule has 2 N–H and O–H groups in total. The zero-order valence-corrected chi connectivity index (χ0v) is 11.9. The van der Waals surface area contributed by atoms with Crippen molar-refractivity contribution in [2.24, 2.45) is 0 Å². The highest BCUT2D eigenvalue weighted by atomic mass is 16.3. The second-order valence-electron chi connectivity index (χ2n) is 6.02. The lowest BCUT2D eigenvalue weighted by Crippen LogP contribution is -2.39. The zero-order valence-electron chi connectivity index (χ0n) is 11.9. The fraction of sp³-hybridized carbons (Fsp3) is 0.933. The van der Waals surface area contributed by atoms with Crippen LogP contribution in [-0.4, -0.2) is 47.7 Å². The van der Waals surface area contributed by atoms with E-state index in [0.717, 1.165) is 38.8 Å². The van der Waals surface area contributed by atoms with Gasteiger partial charge in [0.2, 0.25) is 5.91 Å². The van der Waals surface area contributed by atoms with Crippen LogP contribution in [0.5, 0.6) is 0 Å². The van der Waals surface area contributed by atoms with E-state index >= 15 is 0 Å². The van der Waals surface area contributed by atoms with Gasteiger partial charge < -0.3 is 10.4 Å². The average Bonchev–Trinajstić information content (AvgIpc) is 2.72. The van der Waals surface area contributed by atoms with Crippen LogP contribution in [0.25, 0.3) is 0 Å². The molecule has 0 aromatic heterocycles. The molecular weight excluding hydrogens is 240 g/mol. The lowest BCUT2D eigenvalue weighted by atomic mass is 10.1. The van der Waals surface area contributed by atoms with Crippen molar-refractivity contribution in [1.29, 1.82) is 0 Å². The van der Waals surface area contributed by atoms with Gasteiger partial charge >= 0.3 is 0 Å². The Labute approximate surface area is 116 Å². The summed E-state index contributed by atoms with van der Waals surface area (Å²) in [6, 6.07) is 0.688. The molecule has 0 aromatic rings. The first-order valence-corrected chi connectivity index (χ1v) is 7.94. The third-order valence-corrected chi connectivity index (χ3v) is 4.56. The van der Waals surface area contributed by atoms with Crippen molar-refractivity contribution in [3.8, 4) is 0 Å². The van der Waals surface area contributed by atoms with Gasteiger partial charge in [-0.1, -0.05) is 25.7 Å². The molecule has 2 aliphatic rings. The SMILES string of the molecule is O=C(CCN1CCC[C@H]1CO)NC1CCCCCC1. The summed E-state index contributed by atoms with van der Waals surface area (Å²) in [4.78, 5) is 14.2. The number of carbonyl (C=O) groups is 1. The van der Waals surface area contributed by atoms with Gasteiger partial charge in [0, 0.05) is 25.0 Å². The maximum atomic E-state index is 12.0. The van der Waals surface area contributed by atoms with Crippen LogP contribution in [-0.2, 0) is 4.79 Å². The number of aliphatic hydroxyl groups excluding tert-OH is 1. The number of rotatable bonds is 5. The van der Waals surface area contributed by atoms with E-state index in [1.165, 1.54) is 25.7 Å². The van der Waals surface area contributed by atoms with Gasteiger partial charge in [-0.15, -0.1) is 0 Å². The summed E-state index contributed by atoms with van der Waals surface area (Å²) in [5, 5.41) is 12.4. The number of likely N-dealkylation sites (tertiary alicyclic amines) is 1. The van der Waals surface area contributed by atoms with Crippen molar-refractivity contribution in [2.75, 3.05) is 19.7 Å². The Morgan fingerprint density at radius 3 is 2.53 bits per heavy atom. The van der Waals surface area contributed by atoms with E-state index in [0.29, 0.717) is 12.5 Å². The monoisotopic (exact) mass is 268 g/mol. The molecule has 1 heterocycles. The fourth-order valence-electron chi connectivity index (χ4n) is 3.36. The number of nitrogens with zero attached hydrogens (tertiary/aromatic N) is 1. The fourth-order valence-corrected chi connectivity index (χ4v) is 3.36. The molecule has 1 amide bonds. The van der Waals surface area contributed by atoms with Gasteiger partial charge in [0.1, 0.15) is 0 Å². The second kappa shape index (κ2) is 7.85. The van der Waals surface area contributed by atoms with Crippen LogP contribution in [0, 0.1) is 0 Å². The molecule has 1 saturated heterocycles. The average molecular weight is 268 g/mol. The summed E-state index contributed by atoms with van der Waals surface area (Å²) in [7, 11) is 0. The molecule has 0 bridgehead atoms. The number of nitrogens with one attached hydrogen (secondary N) is 1. The first-order valence-electron chi connectivity index (χ1n) is 7.94. The van der Waals surface area contributed by atoms with E-state index in [1.54, 1.807) is 0 Å². The summed E-state index contributed by atoms with van der Waals surface area (Å²) in [5.74, 6) is 0.190. The van der Waals surface area contributed by atoms with E-state index in [4.69, 9.17) is 0 Å². The van der Waals surface area contributed by atoms with Crippen LogP contribution in [0.15, 0.2) is 0 Å². The minimum Gasteiger partial charge on any atom is -0.395 e. The summed E-state index contributed by atoms with van der Waals surface area (Å²) < 4.78 is 0. The Hall–Kier alpha value is -0.610. The van der Waals surface area contributed by atoms with Crippen molar-refractivity contribution in [3.05, 3.63) is 0 Å². The van der Waals surface area contributed by atoms with Gasteiger partial charge in [-0.05, 0) is 32.2 Å². The molecule has 0 spiro atoms. The molecule has 4 heteroatoms. The molecule has 1 aliphatic carbocycles. The van der Waals surface area contributed by atoms with Gasteiger partial charge in [0.15, 0.2) is 0 Å². The minimum atomic E-state index is 0.190. The third-order valence-electron chi connectivity index (χ3n) is 4.56. The van der Waals surface area contributed by atoms with E-state index in [2.05, 4.69) is 10.2 Å². The van der Waals surface area contributed by atoms with Gasteiger partial charge in [-0.3, -0.25) is 9.69 Å². The Kier molecular flexibility index (Phi) is 6.11. The third kappa shape index (κ3) is 4.77. The summed E-state index contributed by atoms with van der Waals surface area (Å²) in [5.41, 5.74) is 0. The van der Waals surface area contributed by atoms with Crippen molar-refractivity contribution in [1.82, 2.24) is 10.2 Å². The number of aliphatic hydroxyl groups is 1. The highest BCUT2D eigenvalue weighted by Crippen LogP contribution is 2.18. The van der Waals surface area contributed by atoms with E-state index < -0.39 is 0 Å². The van der Waals surface area contributed by atoms with Crippen LogP contribution < -0.4 is 5.32 Å². The van der Waals surface area contributed by atoms with E-state index in [-0.39, 0.29) is 18.6 Å². The highest BCUT2D eigenvalue weighted by Gasteiger charge is 2.24. The van der Waals surface area contributed by atoms with Gasteiger partial charge in [-0.2, -0.15) is 0 Å². The Balaban J connectivity index is 1.66. The first-order chi connectivity index (χ1) is 9.29. The molecular formula is C15H28N2O2. The Morgan fingerprint density at radius 2 is 1.84 bits per heavy atom. The predicted octanol–water partition coefficient (Wildman–Crippen LogP) is 1.67. The van der Waals surface area contributed by atoms with Crippen molar-refractivity contribution in [2.45, 2.75) is 69.9 Å². The summed E-state index contributed by atoms with van der Waals surface area (Å²) >= 11 is 0. The van der Waals surface area contributed by atoms with Gasteiger partial charge in [0.25, 0.3) is 0 Å². The lowest BCUT2D eigenvalue weighted by molar-refractivity contribution is -0.122. The normalized spacial score (nSPS) is 26.3. The molecule has 110 valence electrons. The standard InChI is InChI=1S/C15H28N2O2/c18-12-14-8-5-10-17(14)11-9-15(19)16-13-6-3-1-2-4-7-13/h13-14,18H,1-12H2,(H,16,19)/t14-/m0/s1. The lowest BCUT2D eigenvalue weighted by Gasteiger charge is -2.23. The molecule has 0 aromatic carbocycles. The molecule has 1 aliphatic heterocycles. The van der Waals surface area contributed by atoms with Crippen LogP contribution in [0.4, 0.5) is 0 Å². The number of hydrogen-bond acceptors (Lipinski definition) is 3. The summed E-state index contributed by atoms with van der Waals surface area (Å²) in [6.07, 6.45) is 10.2. The Bertz CT molecular complexity index is 275. The molecule has 2 fully saturated rings. The second-order valence-corrected chi connectivity index (χ2v) is 6.02. The van der Waals surface area contributed by atoms with Crippen LogP contribution in [0.3, 0.4) is 0 Å². The summed E-state index contributed by atoms with van der Waals surface area (Å²) in [6.45, 7) is 2.05. The highest BCUT2D eigenvalue weighted by molar-refractivity contribution is 5.76. The van der Waals surface area contributed by atoms with Gasteiger partial charge in [0.05, 0.1) is 6.61 Å². The molecule has 2 rings (SSSR count). The Morgan fingerprint density at radius 1 is 1.11 bits per heavy atom. The maximum absolute atomic E-state index is 12.0. The zero-order chi connectivity index (χ0) is 13.5. The minimum absolute atomic E-state index is 0.190. The van der Waals surface area contributed by atoms with Crippen LogP contribution in [0.1, 0.15) is 57.8 Å². The van der Waals surface area contributed by atoms with Crippen molar-refractivity contribution < 1.29 is 9.90 Å². The number of carbonyl (C=O) groups excluding carboxylic acids is 1. The smallest absolute Gasteiger partial charge is 0.221 e.